The highest BCUT2D eigenvalue weighted by Crippen LogP contribution is 2.27. The van der Waals surface area contributed by atoms with Gasteiger partial charge in [-0.1, -0.05) is 12.8 Å². The topological polar surface area (TPSA) is 29.1 Å². The summed E-state index contributed by atoms with van der Waals surface area (Å²) in [5.41, 5.74) is 0. The second-order valence-corrected chi connectivity index (χ2v) is 4.23. The molecule has 1 amide bonds. The summed E-state index contributed by atoms with van der Waals surface area (Å²) in [5.74, 6) is 3.34. The van der Waals surface area contributed by atoms with E-state index in [4.69, 9.17) is 6.42 Å². The molecule has 0 aromatic carbocycles. The quantitative estimate of drug-likeness (QED) is 0.681. The lowest BCUT2D eigenvalue weighted by Gasteiger charge is -2.13. The molecule has 14 heavy (non-hydrogen) atoms. The smallest absolute Gasteiger partial charge is 0.220 e. The molecule has 0 spiro atoms. The standard InChI is InChI=1S/C12H19NO/c1-3-6-10(2)13-12(14)9-11-7-4-5-8-11/h1,10-11H,4-9H2,2H3,(H,13,14). The Morgan fingerprint density at radius 1 is 1.57 bits per heavy atom. The van der Waals surface area contributed by atoms with Crippen molar-refractivity contribution in [3.05, 3.63) is 0 Å². The minimum absolute atomic E-state index is 0.119. The zero-order valence-electron chi connectivity index (χ0n) is 8.88. The molecule has 1 aliphatic rings. The van der Waals surface area contributed by atoms with Crippen LogP contribution in [0.25, 0.3) is 0 Å². The van der Waals surface area contributed by atoms with Crippen LogP contribution in [0.4, 0.5) is 0 Å². The van der Waals surface area contributed by atoms with Gasteiger partial charge in [0.1, 0.15) is 0 Å². The summed E-state index contributed by atoms with van der Waals surface area (Å²) < 4.78 is 0. The number of terminal acetylenes is 1. The van der Waals surface area contributed by atoms with Crippen molar-refractivity contribution in [3.8, 4) is 12.3 Å². The van der Waals surface area contributed by atoms with Gasteiger partial charge in [-0.3, -0.25) is 4.79 Å². The van der Waals surface area contributed by atoms with Crippen LogP contribution in [0.2, 0.25) is 0 Å². The molecule has 0 aliphatic heterocycles. The molecule has 2 heteroatoms. The summed E-state index contributed by atoms with van der Waals surface area (Å²) in [5, 5.41) is 2.93. The number of hydrogen-bond acceptors (Lipinski definition) is 1. The number of rotatable bonds is 4. The monoisotopic (exact) mass is 193 g/mol. The van der Waals surface area contributed by atoms with E-state index in [1.54, 1.807) is 0 Å². The number of hydrogen-bond donors (Lipinski definition) is 1. The summed E-state index contributed by atoms with van der Waals surface area (Å²) in [6.07, 6.45) is 11.5. The van der Waals surface area contributed by atoms with Crippen LogP contribution in [0.3, 0.4) is 0 Å². The molecule has 1 rings (SSSR count). The zero-order chi connectivity index (χ0) is 10.4. The Hall–Kier alpha value is -0.970. The SMILES string of the molecule is C#CCC(C)NC(=O)CC1CCCC1. The van der Waals surface area contributed by atoms with Gasteiger partial charge in [0.05, 0.1) is 0 Å². The van der Waals surface area contributed by atoms with E-state index in [1.807, 2.05) is 6.92 Å². The van der Waals surface area contributed by atoms with Gasteiger partial charge < -0.3 is 5.32 Å². The van der Waals surface area contributed by atoms with Crippen LogP contribution < -0.4 is 5.32 Å². The lowest BCUT2D eigenvalue weighted by Crippen LogP contribution is -2.33. The number of carbonyl (C=O) groups is 1. The van der Waals surface area contributed by atoms with Crippen LogP contribution in [0, 0.1) is 18.3 Å². The maximum Gasteiger partial charge on any atom is 0.220 e. The highest BCUT2D eigenvalue weighted by Gasteiger charge is 2.18. The first-order valence-electron chi connectivity index (χ1n) is 5.45. The van der Waals surface area contributed by atoms with Crippen molar-refractivity contribution in [3.63, 3.8) is 0 Å². The van der Waals surface area contributed by atoms with Crippen molar-refractivity contribution in [2.24, 2.45) is 5.92 Å². The Labute approximate surface area is 86.5 Å². The van der Waals surface area contributed by atoms with Gasteiger partial charge in [0.2, 0.25) is 5.91 Å². The Morgan fingerprint density at radius 2 is 2.21 bits per heavy atom. The molecule has 1 aliphatic carbocycles. The second kappa shape index (κ2) is 5.70. The Morgan fingerprint density at radius 3 is 2.79 bits per heavy atom. The van der Waals surface area contributed by atoms with Crippen molar-refractivity contribution < 1.29 is 4.79 Å². The fourth-order valence-electron chi connectivity index (χ4n) is 2.04. The first-order valence-corrected chi connectivity index (χ1v) is 5.45. The van der Waals surface area contributed by atoms with E-state index in [-0.39, 0.29) is 11.9 Å². The minimum Gasteiger partial charge on any atom is -0.353 e. The van der Waals surface area contributed by atoms with Crippen molar-refractivity contribution in [2.45, 2.75) is 51.5 Å². The van der Waals surface area contributed by atoms with Crippen LogP contribution in [-0.4, -0.2) is 11.9 Å². The number of carbonyl (C=O) groups excluding carboxylic acids is 1. The molecule has 1 fully saturated rings. The van der Waals surface area contributed by atoms with Crippen molar-refractivity contribution in [1.29, 1.82) is 0 Å². The molecule has 0 saturated heterocycles. The van der Waals surface area contributed by atoms with E-state index in [2.05, 4.69) is 11.2 Å². The summed E-state index contributed by atoms with van der Waals surface area (Å²) in [6.45, 7) is 1.95. The number of amides is 1. The lowest BCUT2D eigenvalue weighted by atomic mass is 10.0. The van der Waals surface area contributed by atoms with Gasteiger partial charge in [0.25, 0.3) is 0 Å². The van der Waals surface area contributed by atoms with Crippen LogP contribution in [-0.2, 0) is 4.79 Å². The van der Waals surface area contributed by atoms with Gasteiger partial charge in [0, 0.05) is 18.9 Å². The van der Waals surface area contributed by atoms with E-state index in [0.29, 0.717) is 18.8 Å². The predicted octanol–water partition coefficient (Wildman–Crippen LogP) is 2.09. The summed E-state index contributed by atoms with van der Waals surface area (Å²) in [7, 11) is 0. The average molecular weight is 193 g/mol. The fourth-order valence-corrected chi connectivity index (χ4v) is 2.04. The molecule has 2 nitrogen and oxygen atoms in total. The molecule has 0 heterocycles. The molecule has 0 radical (unpaired) electrons. The molecule has 1 saturated carbocycles. The fraction of sp³-hybridized carbons (Fsp3) is 0.750. The van der Waals surface area contributed by atoms with E-state index < -0.39 is 0 Å². The lowest BCUT2D eigenvalue weighted by molar-refractivity contribution is -0.122. The van der Waals surface area contributed by atoms with Gasteiger partial charge in [0.15, 0.2) is 0 Å². The van der Waals surface area contributed by atoms with E-state index in [9.17, 15) is 4.79 Å². The molecule has 1 N–H and O–H groups in total. The molecular formula is C12H19NO. The molecule has 0 aromatic rings. The third-order valence-corrected chi connectivity index (χ3v) is 2.78. The zero-order valence-corrected chi connectivity index (χ0v) is 8.88. The van der Waals surface area contributed by atoms with Gasteiger partial charge in [-0.05, 0) is 25.7 Å². The molecule has 0 bridgehead atoms. The van der Waals surface area contributed by atoms with Crippen LogP contribution in [0.15, 0.2) is 0 Å². The highest BCUT2D eigenvalue weighted by atomic mass is 16.1. The normalized spacial score (nSPS) is 18.9. The largest absolute Gasteiger partial charge is 0.353 e. The third-order valence-electron chi connectivity index (χ3n) is 2.78. The van der Waals surface area contributed by atoms with E-state index >= 15 is 0 Å². The summed E-state index contributed by atoms with van der Waals surface area (Å²) in [4.78, 5) is 11.5. The maximum atomic E-state index is 11.5. The highest BCUT2D eigenvalue weighted by molar-refractivity contribution is 5.76. The van der Waals surface area contributed by atoms with Crippen molar-refractivity contribution in [2.75, 3.05) is 0 Å². The first-order chi connectivity index (χ1) is 6.72. The average Bonchev–Trinajstić information content (AvgIpc) is 2.56. The van der Waals surface area contributed by atoms with E-state index in [0.717, 1.165) is 0 Å². The Bertz CT molecular complexity index is 223. The molecule has 1 unspecified atom stereocenters. The van der Waals surface area contributed by atoms with Crippen molar-refractivity contribution in [1.82, 2.24) is 5.32 Å². The first kappa shape index (κ1) is 11.1. The molecule has 0 aromatic heterocycles. The Balaban J connectivity index is 2.18. The summed E-state index contributed by atoms with van der Waals surface area (Å²) in [6, 6.07) is 0.119. The Kier molecular flexibility index (Phi) is 4.52. The van der Waals surface area contributed by atoms with Gasteiger partial charge >= 0.3 is 0 Å². The second-order valence-electron chi connectivity index (χ2n) is 4.23. The van der Waals surface area contributed by atoms with Crippen LogP contribution in [0.5, 0.6) is 0 Å². The maximum absolute atomic E-state index is 11.5. The molecule has 78 valence electrons. The van der Waals surface area contributed by atoms with Gasteiger partial charge in [-0.2, -0.15) is 0 Å². The van der Waals surface area contributed by atoms with Crippen LogP contribution >= 0.6 is 0 Å². The third kappa shape index (κ3) is 3.83. The number of nitrogens with one attached hydrogen (secondary N) is 1. The van der Waals surface area contributed by atoms with Crippen LogP contribution in [0.1, 0.15) is 45.4 Å². The van der Waals surface area contributed by atoms with Crippen molar-refractivity contribution >= 4 is 5.91 Å². The minimum atomic E-state index is 0.119. The molecular weight excluding hydrogens is 174 g/mol. The molecule has 1 atom stereocenters. The van der Waals surface area contributed by atoms with E-state index in [1.165, 1.54) is 25.7 Å². The predicted molar refractivity (Wildman–Crippen MR) is 57.6 cm³/mol. The summed E-state index contributed by atoms with van der Waals surface area (Å²) >= 11 is 0. The van der Waals surface area contributed by atoms with Gasteiger partial charge in [-0.15, -0.1) is 12.3 Å². The van der Waals surface area contributed by atoms with Gasteiger partial charge in [-0.25, -0.2) is 0 Å².